The molecule has 1 rings (SSSR count). The van der Waals surface area contributed by atoms with Crippen LogP contribution in [0.25, 0.3) is 0 Å². The molecule has 0 heterocycles. The SMILES string of the molecule is C=C(C)CNC(C)c1ccc(C)cc1OC. The van der Waals surface area contributed by atoms with Gasteiger partial charge in [-0.05, 0) is 32.4 Å². The van der Waals surface area contributed by atoms with E-state index in [-0.39, 0.29) is 6.04 Å². The molecule has 0 saturated heterocycles. The number of aryl methyl sites for hydroxylation is 1. The lowest BCUT2D eigenvalue weighted by molar-refractivity contribution is 0.402. The molecule has 0 spiro atoms. The summed E-state index contributed by atoms with van der Waals surface area (Å²) >= 11 is 0. The topological polar surface area (TPSA) is 21.3 Å². The van der Waals surface area contributed by atoms with Crippen LogP contribution in [0.15, 0.2) is 30.4 Å². The van der Waals surface area contributed by atoms with Crippen LogP contribution in [0.1, 0.15) is 31.0 Å². The van der Waals surface area contributed by atoms with Crippen LogP contribution in [-0.2, 0) is 0 Å². The minimum absolute atomic E-state index is 0.271. The molecule has 0 aromatic heterocycles. The Labute approximate surface area is 98.3 Å². The Bertz CT molecular complexity index is 371. The van der Waals surface area contributed by atoms with E-state index in [1.54, 1.807) is 7.11 Å². The van der Waals surface area contributed by atoms with Crippen LogP contribution >= 0.6 is 0 Å². The van der Waals surface area contributed by atoms with Crippen molar-refractivity contribution in [3.05, 3.63) is 41.5 Å². The van der Waals surface area contributed by atoms with Crippen molar-refractivity contribution in [1.82, 2.24) is 5.32 Å². The first-order valence-electron chi connectivity index (χ1n) is 5.57. The smallest absolute Gasteiger partial charge is 0.123 e. The lowest BCUT2D eigenvalue weighted by atomic mass is 10.0. The van der Waals surface area contributed by atoms with Crippen molar-refractivity contribution < 1.29 is 4.74 Å². The highest BCUT2D eigenvalue weighted by atomic mass is 16.5. The lowest BCUT2D eigenvalue weighted by Crippen LogP contribution is -2.20. The fraction of sp³-hybridized carbons (Fsp3) is 0.429. The van der Waals surface area contributed by atoms with Gasteiger partial charge in [-0.1, -0.05) is 24.3 Å². The number of ether oxygens (including phenoxy) is 1. The first-order chi connectivity index (χ1) is 7.54. The van der Waals surface area contributed by atoms with Gasteiger partial charge in [0.25, 0.3) is 0 Å². The molecular weight excluding hydrogens is 198 g/mol. The molecular formula is C14H21NO. The summed E-state index contributed by atoms with van der Waals surface area (Å²) in [4.78, 5) is 0. The average Bonchev–Trinajstić information content (AvgIpc) is 2.25. The van der Waals surface area contributed by atoms with Crippen LogP contribution in [0, 0.1) is 6.92 Å². The second-order valence-electron chi connectivity index (χ2n) is 4.31. The van der Waals surface area contributed by atoms with Crippen molar-refractivity contribution in [1.29, 1.82) is 0 Å². The molecule has 2 nitrogen and oxygen atoms in total. The van der Waals surface area contributed by atoms with E-state index in [0.717, 1.165) is 17.9 Å². The fourth-order valence-corrected chi connectivity index (χ4v) is 1.61. The van der Waals surface area contributed by atoms with Gasteiger partial charge in [0.15, 0.2) is 0 Å². The fourth-order valence-electron chi connectivity index (χ4n) is 1.61. The zero-order chi connectivity index (χ0) is 12.1. The molecule has 1 aromatic carbocycles. The zero-order valence-electron chi connectivity index (χ0n) is 10.6. The molecule has 0 aliphatic carbocycles. The molecule has 0 amide bonds. The molecule has 0 aliphatic rings. The summed E-state index contributed by atoms with van der Waals surface area (Å²) in [5.74, 6) is 0.946. The maximum Gasteiger partial charge on any atom is 0.123 e. The van der Waals surface area contributed by atoms with E-state index in [1.807, 2.05) is 6.92 Å². The third-order valence-corrected chi connectivity index (χ3v) is 2.57. The highest BCUT2D eigenvalue weighted by Gasteiger charge is 2.10. The van der Waals surface area contributed by atoms with Gasteiger partial charge in [-0.25, -0.2) is 0 Å². The van der Waals surface area contributed by atoms with Crippen molar-refractivity contribution in [3.8, 4) is 5.75 Å². The molecule has 0 aliphatic heterocycles. The standard InChI is InChI=1S/C14H21NO/c1-10(2)9-15-12(4)13-7-6-11(3)8-14(13)16-5/h6-8,12,15H,1,9H2,2-5H3. The van der Waals surface area contributed by atoms with Gasteiger partial charge in [-0.2, -0.15) is 0 Å². The highest BCUT2D eigenvalue weighted by Crippen LogP contribution is 2.25. The quantitative estimate of drug-likeness (QED) is 0.768. The first-order valence-corrected chi connectivity index (χ1v) is 5.57. The summed E-state index contributed by atoms with van der Waals surface area (Å²) < 4.78 is 5.39. The van der Waals surface area contributed by atoms with Crippen LogP contribution in [0.2, 0.25) is 0 Å². The highest BCUT2D eigenvalue weighted by molar-refractivity contribution is 5.39. The first kappa shape index (κ1) is 12.8. The number of hydrogen-bond donors (Lipinski definition) is 1. The van der Waals surface area contributed by atoms with Crippen molar-refractivity contribution >= 4 is 0 Å². The van der Waals surface area contributed by atoms with Crippen molar-refractivity contribution in [2.24, 2.45) is 0 Å². The molecule has 0 fully saturated rings. The molecule has 1 aromatic rings. The van der Waals surface area contributed by atoms with Gasteiger partial charge in [-0.15, -0.1) is 0 Å². The monoisotopic (exact) mass is 219 g/mol. The van der Waals surface area contributed by atoms with Gasteiger partial charge < -0.3 is 10.1 Å². The second-order valence-corrected chi connectivity index (χ2v) is 4.31. The average molecular weight is 219 g/mol. The maximum absolute atomic E-state index is 5.39. The van der Waals surface area contributed by atoms with Gasteiger partial charge in [-0.3, -0.25) is 0 Å². The van der Waals surface area contributed by atoms with Crippen LogP contribution in [0.5, 0.6) is 5.75 Å². The third kappa shape index (κ3) is 3.38. The number of rotatable bonds is 5. The van der Waals surface area contributed by atoms with Gasteiger partial charge in [0.05, 0.1) is 7.11 Å². The van der Waals surface area contributed by atoms with E-state index in [9.17, 15) is 0 Å². The van der Waals surface area contributed by atoms with Crippen LogP contribution in [-0.4, -0.2) is 13.7 Å². The van der Waals surface area contributed by atoms with Gasteiger partial charge in [0, 0.05) is 18.2 Å². The van der Waals surface area contributed by atoms with Gasteiger partial charge in [0.1, 0.15) is 5.75 Å². The molecule has 88 valence electrons. The Hall–Kier alpha value is -1.28. The molecule has 0 saturated carbocycles. The number of methoxy groups -OCH3 is 1. The van der Waals surface area contributed by atoms with E-state index in [1.165, 1.54) is 11.1 Å². The minimum Gasteiger partial charge on any atom is -0.496 e. The predicted octanol–water partition coefficient (Wildman–Crippen LogP) is 3.23. The largest absolute Gasteiger partial charge is 0.496 e. The minimum atomic E-state index is 0.271. The summed E-state index contributed by atoms with van der Waals surface area (Å²) in [7, 11) is 1.71. The lowest BCUT2D eigenvalue weighted by Gasteiger charge is -2.17. The van der Waals surface area contributed by atoms with Crippen molar-refractivity contribution in [2.45, 2.75) is 26.8 Å². The van der Waals surface area contributed by atoms with Crippen molar-refractivity contribution in [2.75, 3.05) is 13.7 Å². The molecule has 1 N–H and O–H groups in total. The Balaban J connectivity index is 2.81. The predicted molar refractivity (Wildman–Crippen MR) is 69.0 cm³/mol. The van der Waals surface area contributed by atoms with E-state index in [0.29, 0.717) is 0 Å². The third-order valence-electron chi connectivity index (χ3n) is 2.57. The Morgan fingerprint density at radius 1 is 1.50 bits per heavy atom. The van der Waals surface area contributed by atoms with E-state index < -0.39 is 0 Å². The number of benzene rings is 1. The molecule has 1 unspecified atom stereocenters. The molecule has 16 heavy (non-hydrogen) atoms. The van der Waals surface area contributed by atoms with Crippen LogP contribution in [0.4, 0.5) is 0 Å². The molecule has 0 bridgehead atoms. The molecule has 2 heteroatoms. The Kier molecular flexibility index (Phi) is 4.56. The summed E-state index contributed by atoms with van der Waals surface area (Å²) in [5, 5.41) is 3.41. The summed E-state index contributed by atoms with van der Waals surface area (Å²) in [5.41, 5.74) is 3.54. The van der Waals surface area contributed by atoms with Crippen molar-refractivity contribution in [3.63, 3.8) is 0 Å². The van der Waals surface area contributed by atoms with E-state index in [4.69, 9.17) is 4.74 Å². The molecule has 0 radical (unpaired) electrons. The van der Waals surface area contributed by atoms with Gasteiger partial charge >= 0.3 is 0 Å². The Morgan fingerprint density at radius 2 is 2.19 bits per heavy atom. The van der Waals surface area contributed by atoms with Gasteiger partial charge in [0.2, 0.25) is 0 Å². The zero-order valence-corrected chi connectivity index (χ0v) is 10.6. The number of nitrogens with one attached hydrogen (secondary N) is 1. The second kappa shape index (κ2) is 5.71. The summed E-state index contributed by atoms with van der Waals surface area (Å²) in [6, 6.07) is 6.56. The van der Waals surface area contributed by atoms with E-state index in [2.05, 4.69) is 43.9 Å². The van der Waals surface area contributed by atoms with Crippen LogP contribution in [0.3, 0.4) is 0 Å². The van der Waals surface area contributed by atoms with E-state index >= 15 is 0 Å². The molecule has 1 atom stereocenters. The summed E-state index contributed by atoms with van der Waals surface area (Å²) in [6.07, 6.45) is 0. The maximum atomic E-state index is 5.39. The normalized spacial score (nSPS) is 12.2. The summed E-state index contributed by atoms with van der Waals surface area (Å²) in [6.45, 7) is 10.9. The van der Waals surface area contributed by atoms with Crippen LogP contribution < -0.4 is 10.1 Å². The number of hydrogen-bond acceptors (Lipinski definition) is 2. The Morgan fingerprint density at radius 3 is 2.75 bits per heavy atom.